The number of hydrogen-bond acceptors (Lipinski definition) is 2. The van der Waals surface area contributed by atoms with Crippen molar-refractivity contribution >= 4 is 10.9 Å². The van der Waals surface area contributed by atoms with E-state index in [0.717, 1.165) is 28.9 Å². The van der Waals surface area contributed by atoms with Crippen molar-refractivity contribution in [3.8, 4) is 0 Å². The van der Waals surface area contributed by atoms with Gasteiger partial charge in [0.15, 0.2) is 0 Å². The molecule has 2 nitrogen and oxygen atoms in total. The van der Waals surface area contributed by atoms with Gasteiger partial charge in [-0.2, -0.15) is 0 Å². The number of fused-ring (bicyclic) bond motifs is 1. The van der Waals surface area contributed by atoms with Gasteiger partial charge in [0, 0.05) is 17.5 Å². The number of pyridine rings is 1. The van der Waals surface area contributed by atoms with E-state index in [1.807, 2.05) is 31.2 Å². The van der Waals surface area contributed by atoms with Crippen molar-refractivity contribution in [3.05, 3.63) is 42.1 Å². The Labute approximate surface area is 108 Å². The van der Waals surface area contributed by atoms with Crippen LogP contribution in [0.3, 0.4) is 0 Å². The van der Waals surface area contributed by atoms with E-state index >= 15 is 0 Å². The molecule has 94 valence electrons. The molecule has 1 fully saturated rings. The fourth-order valence-electron chi connectivity index (χ4n) is 2.61. The van der Waals surface area contributed by atoms with E-state index in [2.05, 4.69) is 17.1 Å². The van der Waals surface area contributed by atoms with Gasteiger partial charge in [0.1, 0.15) is 0 Å². The summed E-state index contributed by atoms with van der Waals surface area (Å²) < 4.78 is 0. The molecule has 3 rings (SSSR count). The van der Waals surface area contributed by atoms with Crippen molar-refractivity contribution in [1.29, 1.82) is 0 Å². The van der Waals surface area contributed by atoms with Gasteiger partial charge in [-0.25, -0.2) is 0 Å². The summed E-state index contributed by atoms with van der Waals surface area (Å²) in [6.45, 7) is 1.93. The number of benzene rings is 1. The van der Waals surface area contributed by atoms with E-state index in [0.29, 0.717) is 6.42 Å². The summed E-state index contributed by atoms with van der Waals surface area (Å²) in [4.78, 5) is 4.63. The van der Waals surface area contributed by atoms with Gasteiger partial charge in [0.25, 0.3) is 0 Å². The van der Waals surface area contributed by atoms with E-state index in [1.54, 1.807) is 0 Å². The molecule has 1 heterocycles. The molecule has 0 saturated heterocycles. The van der Waals surface area contributed by atoms with Gasteiger partial charge in [-0.15, -0.1) is 0 Å². The van der Waals surface area contributed by atoms with Gasteiger partial charge in [-0.3, -0.25) is 4.98 Å². The van der Waals surface area contributed by atoms with Crippen LogP contribution in [-0.2, 0) is 6.42 Å². The number of aliphatic hydroxyl groups is 1. The molecule has 0 spiro atoms. The van der Waals surface area contributed by atoms with Crippen LogP contribution in [0.5, 0.6) is 0 Å². The highest BCUT2D eigenvalue weighted by atomic mass is 16.3. The van der Waals surface area contributed by atoms with E-state index in [9.17, 15) is 5.11 Å². The monoisotopic (exact) mass is 241 g/mol. The highest BCUT2D eigenvalue weighted by Gasteiger charge is 2.32. The maximum Gasteiger partial charge on any atom is 0.0705 e. The van der Waals surface area contributed by atoms with E-state index in [-0.39, 0.29) is 0 Å². The van der Waals surface area contributed by atoms with Crippen LogP contribution in [0.2, 0.25) is 0 Å². The summed E-state index contributed by atoms with van der Waals surface area (Å²) in [6, 6.07) is 12.2. The summed E-state index contributed by atoms with van der Waals surface area (Å²) in [7, 11) is 0. The number of rotatable bonds is 4. The molecule has 18 heavy (non-hydrogen) atoms. The van der Waals surface area contributed by atoms with Gasteiger partial charge in [-0.05, 0) is 31.4 Å². The van der Waals surface area contributed by atoms with Crippen LogP contribution in [0, 0.1) is 5.92 Å². The lowest BCUT2D eigenvalue weighted by atomic mass is 9.93. The highest BCUT2D eigenvalue weighted by molar-refractivity contribution is 5.78. The molecule has 1 unspecified atom stereocenters. The van der Waals surface area contributed by atoms with Gasteiger partial charge in [0.2, 0.25) is 0 Å². The number of para-hydroxylation sites is 1. The first-order chi connectivity index (χ1) is 8.62. The Bertz CT molecular complexity index is 558. The maximum atomic E-state index is 10.4. The van der Waals surface area contributed by atoms with Crippen LogP contribution in [-0.4, -0.2) is 15.7 Å². The second-order valence-corrected chi connectivity index (χ2v) is 5.82. The lowest BCUT2D eigenvalue weighted by molar-refractivity contribution is 0.0446. The minimum Gasteiger partial charge on any atom is -0.390 e. The molecule has 0 bridgehead atoms. The first kappa shape index (κ1) is 11.7. The lowest BCUT2D eigenvalue weighted by Gasteiger charge is -2.22. The minimum absolute atomic E-state index is 0.614. The van der Waals surface area contributed by atoms with E-state index in [1.165, 1.54) is 12.8 Å². The highest BCUT2D eigenvalue weighted by Crippen LogP contribution is 2.37. The largest absolute Gasteiger partial charge is 0.390 e. The molecule has 1 aliphatic rings. The Hall–Kier alpha value is -1.41. The predicted molar refractivity (Wildman–Crippen MR) is 73.4 cm³/mol. The Kier molecular flexibility index (Phi) is 2.83. The fourth-order valence-corrected chi connectivity index (χ4v) is 2.61. The quantitative estimate of drug-likeness (QED) is 0.890. The summed E-state index contributed by atoms with van der Waals surface area (Å²) in [5.41, 5.74) is 1.38. The summed E-state index contributed by atoms with van der Waals surface area (Å²) in [5, 5.41) is 11.6. The lowest BCUT2D eigenvalue weighted by Crippen LogP contribution is -2.28. The first-order valence-corrected chi connectivity index (χ1v) is 6.69. The molecule has 1 N–H and O–H groups in total. The zero-order valence-corrected chi connectivity index (χ0v) is 10.8. The van der Waals surface area contributed by atoms with E-state index in [4.69, 9.17) is 0 Å². The van der Waals surface area contributed by atoms with Crippen LogP contribution in [0.4, 0.5) is 0 Å². The topological polar surface area (TPSA) is 33.1 Å². The number of hydrogen-bond donors (Lipinski definition) is 1. The summed E-state index contributed by atoms with van der Waals surface area (Å²) in [6.07, 6.45) is 4.11. The van der Waals surface area contributed by atoms with Crippen molar-refractivity contribution in [2.24, 2.45) is 5.92 Å². The number of nitrogens with zero attached hydrogens (tertiary/aromatic N) is 1. The third-order valence-electron chi connectivity index (χ3n) is 3.64. The molecular weight excluding hydrogens is 222 g/mol. The maximum absolute atomic E-state index is 10.4. The molecule has 1 aromatic heterocycles. The summed E-state index contributed by atoms with van der Waals surface area (Å²) >= 11 is 0. The molecule has 1 aromatic carbocycles. The van der Waals surface area contributed by atoms with Crippen molar-refractivity contribution in [2.45, 2.75) is 38.2 Å². The van der Waals surface area contributed by atoms with Crippen molar-refractivity contribution in [3.63, 3.8) is 0 Å². The second-order valence-electron chi connectivity index (χ2n) is 5.82. The summed E-state index contributed by atoms with van der Waals surface area (Å²) in [5.74, 6) is 0.737. The van der Waals surface area contributed by atoms with Crippen molar-refractivity contribution < 1.29 is 5.11 Å². The van der Waals surface area contributed by atoms with E-state index < -0.39 is 5.60 Å². The second kappa shape index (κ2) is 4.36. The van der Waals surface area contributed by atoms with Gasteiger partial charge in [-0.1, -0.05) is 37.1 Å². The molecule has 2 aromatic rings. The van der Waals surface area contributed by atoms with Crippen LogP contribution >= 0.6 is 0 Å². The molecule has 2 heteroatoms. The zero-order chi connectivity index (χ0) is 12.6. The fraction of sp³-hybridized carbons (Fsp3) is 0.438. The normalized spacial score (nSPS) is 18.8. The van der Waals surface area contributed by atoms with Crippen molar-refractivity contribution in [1.82, 2.24) is 4.98 Å². The smallest absolute Gasteiger partial charge is 0.0705 e. The first-order valence-electron chi connectivity index (χ1n) is 6.69. The van der Waals surface area contributed by atoms with Crippen LogP contribution in [0.25, 0.3) is 10.9 Å². The van der Waals surface area contributed by atoms with Crippen LogP contribution < -0.4 is 0 Å². The van der Waals surface area contributed by atoms with Gasteiger partial charge in [0.05, 0.1) is 11.1 Å². The van der Waals surface area contributed by atoms with Crippen molar-refractivity contribution in [2.75, 3.05) is 0 Å². The van der Waals surface area contributed by atoms with Crippen LogP contribution in [0.1, 0.15) is 31.9 Å². The molecule has 0 aliphatic heterocycles. The standard InChI is InChI=1S/C16H19NO/c1-16(18,10-12-6-7-12)11-14-9-8-13-4-2-3-5-15(13)17-14/h2-5,8-9,12,18H,6-7,10-11H2,1H3. The molecule has 0 radical (unpaired) electrons. The minimum atomic E-state index is -0.614. The molecule has 1 aliphatic carbocycles. The Morgan fingerprint density at radius 3 is 2.78 bits per heavy atom. The predicted octanol–water partition coefficient (Wildman–Crippen LogP) is 3.33. The molecular formula is C16H19NO. The average Bonchev–Trinajstić information content (AvgIpc) is 3.11. The third-order valence-corrected chi connectivity index (χ3v) is 3.64. The van der Waals surface area contributed by atoms with Gasteiger partial charge < -0.3 is 5.11 Å². The Balaban J connectivity index is 1.81. The molecule has 1 saturated carbocycles. The molecule has 0 amide bonds. The Morgan fingerprint density at radius 2 is 2.00 bits per heavy atom. The molecule has 1 atom stereocenters. The Morgan fingerprint density at radius 1 is 1.22 bits per heavy atom. The van der Waals surface area contributed by atoms with Gasteiger partial charge >= 0.3 is 0 Å². The zero-order valence-electron chi connectivity index (χ0n) is 10.8. The van der Waals surface area contributed by atoms with Crippen LogP contribution in [0.15, 0.2) is 36.4 Å². The third kappa shape index (κ3) is 2.70. The SMILES string of the molecule is CC(O)(Cc1ccc2ccccc2n1)CC1CC1. The average molecular weight is 241 g/mol. The number of aromatic nitrogens is 1.